The summed E-state index contributed by atoms with van der Waals surface area (Å²) in [6, 6.07) is 2.07. The van der Waals surface area contributed by atoms with Crippen LogP contribution in [0.2, 0.25) is 0 Å². The van der Waals surface area contributed by atoms with Crippen molar-refractivity contribution in [1.29, 1.82) is 5.26 Å². The Balaban J connectivity index is 1.29. The van der Waals surface area contributed by atoms with Crippen LogP contribution in [-0.4, -0.2) is 46.1 Å². The van der Waals surface area contributed by atoms with E-state index >= 15 is 0 Å². The van der Waals surface area contributed by atoms with E-state index in [0.29, 0.717) is 5.69 Å². The maximum atomic E-state index is 9.01. The van der Waals surface area contributed by atoms with Crippen LogP contribution in [-0.2, 0) is 0 Å². The normalized spacial score (nSPS) is 19.1. The van der Waals surface area contributed by atoms with E-state index in [1.807, 2.05) is 19.3 Å². The lowest BCUT2D eigenvalue weighted by atomic mass is 9.79. The molecule has 0 atom stereocenters. The van der Waals surface area contributed by atoms with E-state index in [-0.39, 0.29) is 0 Å². The molecule has 2 saturated heterocycles. The Morgan fingerprint density at radius 3 is 2.07 bits per heavy atom. The Morgan fingerprint density at radius 1 is 0.889 bits per heavy atom. The second kappa shape index (κ2) is 7.87. The van der Waals surface area contributed by atoms with Gasteiger partial charge in [0.05, 0.1) is 12.4 Å². The number of anilines is 2. The average molecular weight is 363 g/mol. The summed E-state index contributed by atoms with van der Waals surface area (Å²) in [7, 11) is 0. The molecule has 4 heterocycles. The molecule has 0 amide bonds. The predicted molar refractivity (Wildman–Crippen MR) is 103 cm³/mol. The lowest BCUT2D eigenvalue weighted by molar-refractivity contribution is 0.232. The number of hydrogen-bond acceptors (Lipinski definition) is 7. The standard InChI is InChI=1S/C20H25N7/c1-15-11-23-20(24-12-15)27-8-4-17(5-9-27)16-2-6-26(7-3-16)19-14-22-13-18(10-21)25-19/h11-14,16-17H,2-9H2,1H3. The number of nitriles is 1. The van der Waals surface area contributed by atoms with Crippen molar-refractivity contribution in [3.63, 3.8) is 0 Å². The predicted octanol–water partition coefficient (Wildman–Crippen LogP) is 2.58. The molecule has 2 aliphatic rings. The van der Waals surface area contributed by atoms with Gasteiger partial charge in [0.15, 0.2) is 5.69 Å². The van der Waals surface area contributed by atoms with Crippen molar-refractivity contribution < 1.29 is 0 Å². The zero-order chi connectivity index (χ0) is 18.6. The highest BCUT2D eigenvalue weighted by molar-refractivity contribution is 5.39. The highest BCUT2D eigenvalue weighted by Crippen LogP contribution is 2.34. The first kappa shape index (κ1) is 17.7. The van der Waals surface area contributed by atoms with Crippen LogP contribution in [0.15, 0.2) is 24.8 Å². The SMILES string of the molecule is Cc1cnc(N2CCC(C3CCN(c4cncc(C#N)n4)CC3)CC2)nc1. The molecule has 0 radical (unpaired) electrons. The van der Waals surface area contributed by atoms with E-state index < -0.39 is 0 Å². The Labute approximate surface area is 160 Å². The van der Waals surface area contributed by atoms with E-state index in [1.165, 1.54) is 31.9 Å². The third-order valence-corrected chi connectivity index (χ3v) is 5.86. The fraction of sp³-hybridized carbons (Fsp3) is 0.550. The summed E-state index contributed by atoms with van der Waals surface area (Å²) >= 11 is 0. The van der Waals surface area contributed by atoms with Gasteiger partial charge in [-0.1, -0.05) is 0 Å². The van der Waals surface area contributed by atoms with Gasteiger partial charge in [-0.15, -0.1) is 0 Å². The summed E-state index contributed by atoms with van der Waals surface area (Å²) in [5, 5.41) is 9.01. The minimum absolute atomic E-state index is 0.389. The number of aryl methyl sites for hydroxylation is 1. The molecule has 2 fully saturated rings. The van der Waals surface area contributed by atoms with Gasteiger partial charge in [-0.25, -0.2) is 15.0 Å². The number of rotatable bonds is 3. The van der Waals surface area contributed by atoms with E-state index in [1.54, 1.807) is 6.20 Å². The molecule has 27 heavy (non-hydrogen) atoms. The zero-order valence-corrected chi connectivity index (χ0v) is 15.8. The maximum Gasteiger partial charge on any atom is 0.225 e. The van der Waals surface area contributed by atoms with Gasteiger partial charge in [0.25, 0.3) is 0 Å². The molecule has 2 aliphatic heterocycles. The summed E-state index contributed by atoms with van der Waals surface area (Å²) in [4.78, 5) is 22.0. The molecule has 4 rings (SSSR count). The molecule has 0 aliphatic carbocycles. The molecule has 0 unspecified atom stereocenters. The van der Waals surface area contributed by atoms with Gasteiger partial charge in [0, 0.05) is 38.6 Å². The van der Waals surface area contributed by atoms with Crippen molar-refractivity contribution in [2.45, 2.75) is 32.6 Å². The number of piperidine rings is 2. The molecule has 0 bridgehead atoms. The molecule has 0 aromatic carbocycles. The zero-order valence-electron chi connectivity index (χ0n) is 15.8. The Kier molecular flexibility index (Phi) is 5.14. The lowest BCUT2D eigenvalue weighted by Crippen LogP contribution is -2.41. The summed E-state index contributed by atoms with van der Waals surface area (Å²) in [5.74, 6) is 3.25. The van der Waals surface area contributed by atoms with E-state index in [4.69, 9.17) is 5.26 Å². The fourth-order valence-electron chi connectivity index (χ4n) is 4.28. The van der Waals surface area contributed by atoms with Crippen molar-refractivity contribution in [2.75, 3.05) is 36.0 Å². The minimum atomic E-state index is 0.389. The van der Waals surface area contributed by atoms with E-state index in [0.717, 1.165) is 55.3 Å². The van der Waals surface area contributed by atoms with Gasteiger partial charge in [-0.2, -0.15) is 5.26 Å². The second-order valence-corrected chi connectivity index (χ2v) is 7.58. The monoisotopic (exact) mass is 363 g/mol. The third kappa shape index (κ3) is 4.00. The first-order chi connectivity index (χ1) is 13.2. The highest BCUT2D eigenvalue weighted by atomic mass is 15.2. The molecule has 0 spiro atoms. The Morgan fingerprint density at radius 2 is 1.48 bits per heavy atom. The Hall–Kier alpha value is -2.75. The average Bonchev–Trinajstić information content (AvgIpc) is 2.75. The van der Waals surface area contributed by atoms with Gasteiger partial charge in [0.2, 0.25) is 5.95 Å². The smallest absolute Gasteiger partial charge is 0.225 e. The van der Waals surface area contributed by atoms with Gasteiger partial charge in [-0.3, -0.25) is 4.98 Å². The summed E-state index contributed by atoms with van der Waals surface area (Å²) in [5.41, 5.74) is 1.49. The van der Waals surface area contributed by atoms with Crippen molar-refractivity contribution in [3.8, 4) is 6.07 Å². The van der Waals surface area contributed by atoms with Crippen molar-refractivity contribution in [3.05, 3.63) is 36.0 Å². The van der Waals surface area contributed by atoms with Crippen molar-refractivity contribution >= 4 is 11.8 Å². The van der Waals surface area contributed by atoms with Crippen molar-refractivity contribution in [1.82, 2.24) is 19.9 Å². The van der Waals surface area contributed by atoms with Gasteiger partial charge >= 0.3 is 0 Å². The second-order valence-electron chi connectivity index (χ2n) is 7.58. The van der Waals surface area contributed by atoms with Crippen LogP contribution < -0.4 is 9.80 Å². The van der Waals surface area contributed by atoms with Crippen LogP contribution in [0.1, 0.15) is 36.9 Å². The molecule has 2 aromatic heterocycles. The van der Waals surface area contributed by atoms with Crippen LogP contribution in [0.25, 0.3) is 0 Å². The molecule has 0 N–H and O–H groups in total. The summed E-state index contributed by atoms with van der Waals surface area (Å²) in [6.07, 6.45) is 11.9. The number of hydrogen-bond donors (Lipinski definition) is 0. The summed E-state index contributed by atoms with van der Waals surface area (Å²) in [6.45, 7) is 6.10. The van der Waals surface area contributed by atoms with Crippen LogP contribution in [0.3, 0.4) is 0 Å². The first-order valence-electron chi connectivity index (χ1n) is 9.73. The molecule has 140 valence electrons. The fourth-order valence-corrected chi connectivity index (χ4v) is 4.28. The largest absolute Gasteiger partial charge is 0.355 e. The highest BCUT2D eigenvalue weighted by Gasteiger charge is 2.30. The molecule has 0 saturated carbocycles. The van der Waals surface area contributed by atoms with Crippen LogP contribution in [0.4, 0.5) is 11.8 Å². The molecular weight excluding hydrogens is 338 g/mol. The first-order valence-corrected chi connectivity index (χ1v) is 9.73. The Bertz CT molecular complexity index is 798. The quantitative estimate of drug-likeness (QED) is 0.829. The summed E-state index contributed by atoms with van der Waals surface area (Å²) < 4.78 is 0. The van der Waals surface area contributed by atoms with Crippen molar-refractivity contribution in [2.24, 2.45) is 11.8 Å². The number of aromatic nitrogens is 4. The molecule has 7 nitrogen and oxygen atoms in total. The van der Waals surface area contributed by atoms with Gasteiger partial charge in [-0.05, 0) is 50.0 Å². The van der Waals surface area contributed by atoms with E-state index in [2.05, 4.69) is 35.8 Å². The third-order valence-electron chi connectivity index (χ3n) is 5.86. The van der Waals surface area contributed by atoms with Crippen LogP contribution in [0.5, 0.6) is 0 Å². The number of nitrogens with zero attached hydrogens (tertiary/aromatic N) is 7. The topological polar surface area (TPSA) is 81.8 Å². The van der Waals surface area contributed by atoms with Crippen LogP contribution in [0, 0.1) is 30.1 Å². The van der Waals surface area contributed by atoms with Crippen LogP contribution >= 0.6 is 0 Å². The molecular formula is C20H25N7. The lowest BCUT2D eigenvalue weighted by Gasteiger charge is -2.40. The van der Waals surface area contributed by atoms with E-state index in [9.17, 15) is 0 Å². The molecule has 7 heteroatoms. The maximum absolute atomic E-state index is 9.01. The minimum Gasteiger partial charge on any atom is -0.355 e. The van der Waals surface area contributed by atoms with Gasteiger partial charge < -0.3 is 9.80 Å². The van der Waals surface area contributed by atoms with Gasteiger partial charge in [0.1, 0.15) is 11.9 Å². The molecule has 2 aromatic rings.